The average Bonchev–Trinajstić information content (AvgIpc) is 2.81. The Hall–Kier alpha value is -1.09. The van der Waals surface area contributed by atoms with E-state index in [-0.39, 0.29) is 0 Å². The van der Waals surface area contributed by atoms with Crippen molar-refractivity contribution in [2.24, 2.45) is 0 Å². The van der Waals surface area contributed by atoms with E-state index in [1.807, 2.05) is 18.5 Å². The van der Waals surface area contributed by atoms with Gasteiger partial charge in [0.2, 0.25) is 0 Å². The van der Waals surface area contributed by atoms with Crippen LogP contribution in [0, 0.1) is 0 Å². The first-order chi connectivity index (χ1) is 9.36. The van der Waals surface area contributed by atoms with Crippen LogP contribution in [0.25, 0.3) is 11.0 Å². The fourth-order valence-corrected chi connectivity index (χ4v) is 2.64. The lowest BCUT2D eigenvalue weighted by atomic mass is 10.1. The topological polar surface area (TPSA) is 30.7 Å². The van der Waals surface area contributed by atoms with Crippen molar-refractivity contribution in [1.82, 2.24) is 14.5 Å². The molecule has 3 nitrogen and oxygen atoms in total. The van der Waals surface area contributed by atoms with E-state index in [1.54, 1.807) is 0 Å². The summed E-state index contributed by atoms with van der Waals surface area (Å²) in [7, 11) is 0. The van der Waals surface area contributed by atoms with Crippen molar-refractivity contribution in [2.75, 3.05) is 0 Å². The van der Waals surface area contributed by atoms with Gasteiger partial charge in [-0.25, -0.2) is 4.98 Å². The average molecular weight is 280 g/mol. The van der Waals surface area contributed by atoms with E-state index in [9.17, 15) is 0 Å². The second-order valence-electron chi connectivity index (χ2n) is 4.95. The Morgan fingerprint density at radius 3 is 2.74 bits per heavy atom. The second-order valence-corrected chi connectivity index (χ2v) is 5.21. The highest BCUT2D eigenvalue weighted by atomic mass is 35.5. The van der Waals surface area contributed by atoms with Gasteiger partial charge >= 0.3 is 0 Å². The molecule has 0 saturated carbocycles. The Bertz CT molecular complexity index is 507. The predicted octanol–water partition coefficient (Wildman–Crippen LogP) is 4.53. The van der Waals surface area contributed by atoms with Gasteiger partial charge in [-0.15, -0.1) is 11.6 Å². The summed E-state index contributed by atoms with van der Waals surface area (Å²) in [6, 6.07) is 2.02. The van der Waals surface area contributed by atoms with Gasteiger partial charge < -0.3 is 4.57 Å². The molecule has 0 aromatic carbocycles. The van der Waals surface area contributed by atoms with E-state index in [0.717, 1.165) is 23.4 Å². The fraction of sp³-hybridized carbons (Fsp3) is 0.600. The Labute approximate surface area is 120 Å². The SMILES string of the molecule is CCCCCCCCn1c(CCl)nc2cnccc21. The number of unbranched alkanes of at least 4 members (excludes halogenated alkanes) is 5. The Morgan fingerprint density at radius 1 is 1.16 bits per heavy atom. The van der Waals surface area contributed by atoms with Crippen molar-refractivity contribution in [2.45, 2.75) is 57.9 Å². The zero-order chi connectivity index (χ0) is 13.5. The lowest BCUT2D eigenvalue weighted by Gasteiger charge is -2.07. The number of rotatable bonds is 8. The Morgan fingerprint density at radius 2 is 1.95 bits per heavy atom. The lowest BCUT2D eigenvalue weighted by Crippen LogP contribution is -2.02. The third-order valence-corrected chi connectivity index (χ3v) is 3.72. The molecule has 0 fully saturated rings. The molecule has 104 valence electrons. The normalized spacial score (nSPS) is 11.3. The number of hydrogen-bond acceptors (Lipinski definition) is 2. The minimum atomic E-state index is 0.463. The number of imidazole rings is 1. The summed E-state index contributed by atoms with van der Waals surface area (Å²) < 4.78 is 2.24. The maximum absolute atomic E-state index is 5.98. The number of aryl methyl sites for hydroxylation is 1. The number of hydrogen-bond donors (Lipinski definition) is 0. The molecule has 0 amide bonds. The Kier molecular flexibility index (Phi) is 5.64. The van der Waals surface area contributed by atoms with Crippen LogP contribution in [0.3, 0.4) is 0 Å². The van der Waals surface area contributed by atoms with Gasteiger partial charge in [0.1, 0.15) is 11.3 Å². The van der Waals surface area contributed by atoms with Crippen LogP contribution in [0.2, 0.25) is 0 Å². The van der Waals surface area contributed by atoms with Gasteiger partial charge in [0, 0.05) is 12.7 Å². The van der Waals surface area contributed by atoms with Crippen molar-refractivity contribution < 1.29 is 0 Å². The van der Waals surface area contributed by atoms with Crippen LogP contribution in [-0.4, -0.2) is 14.5 Å². The van der Waals surface area contributed by atoms with Crippen molar-refractivity contribution in [3.8, 4) is 0 Å². The zero-order valence-electron chi connectivity index (χ0n) is 11.6. The molecule has 2 heterocycles. The van der Waals surface area contributed by atoms with Gasteiger partial charge in [0.25, 0.3) is 0 Å². The summed E-state index contributed by atoms with van der Waals surface area (Å²) in [5, 5.41) is 0. The highest BCUT2D eigenvalue weighted by molar-refractivity contribution is 6.16. The van der Waals surface area contributed by atoms with Crippen LogP contribution in [0.1, 0.15) is 51.3 Å². The highest BCUT2D eigenvalue weighted by Gasteiger charge is 2.08. The lowest BCUT2D eigenvalue weighted by molar-refractivity contribution is 0.557. The van der Waals surface area contributed by atoms with Crippen LogP contribution >= 0.6 is 11.6 Å². The minimum Gasteiger partial charge on any atom is -0.327 e. The molecule has 0 saturated heterocycles. The second kappa shape index (κ2) is 7.49. The summed E-state index contributed by atoms with van der Waals surface area (Å²) in [5.74, 6) is 1.42. The molecule has 4 heteroatoms. The highest BCUT2D eigenvalue weighted by Crippen LogP contribution is 2.17. The molecule has 0 aliphatic rings. The molecule has 2 aromatic rings. The van der Waals surface area contributed by atoms with E-state index in [0.29, 0.717) is 5.88 Å². The molecule has 2 rings (SSSR count). The van der Waals surface area contributed by atoms with Crippen LogP contribution in [0.15, 0.2) is 18.5 Å². The fourth-order valence-electron chi connectivity index (χ4n) is 2.43. The molecule has 0 bridgehead atoms. The van der Waals surface area contributed by atoms with Crippen LogP contribution < -0.4 is 0 Å². The van der Waals surface area contributed by atoms with E-state index < -0.39 is 0 Å². The van der Waals surface area contributed by atoms with E-state index in [4.69, 9.17) is 11.6 Å². The molecule has 2 aromatic heterocycles. The first-order valence-electron chi connectivity index (χ1n) is 7.22. The van der Waals surface area contributed by atoms with Crippen LogP contribution in [0.5, 0.6) is 0 Å². The molecular formula is C15H22ClN3. The number of nitrogens with zero attached hydrogens (tertiary/aromatic N) is 3. The quantitative estimate of drug-likeness (QED) is 0.525. The van der Waals surface area contributed by atoms with Gasteiger partial charge in [-0.1, -0.05) is 39.0 Å². The van der Waals surface area contributed by atoms with E-state index in [1.165, 1.54) is 38.5 Å². The van der Waals surface area contributed by atoms with E-state index in [2.05, 4.69) is 21.5 Å². The summed E-state index contributed by atoms with van der Waals surface area (Å²) >= 11 is 5.98. The van der Waals surface area contributed by atoms with Crippen molar-refractivity contribution in [3.05, 3.63) is 24.3 Å². The molecule has 0 unspecified atom stereocenters. The van der Waals surface area contributed by atoms with Crippen LogP contribution in [-0.2, 0) is 12.4 Å². The maximum atomic E-state index is 5.98. The van der Waals surface area contributed by atoms with Crippen LogP contribution in [0.4, 0.5) is 0 Å². The van der Waals surface area contributed by atoms with Gasteiger partial charge in [-0.2, -0.15) is 0 Å². The van der Waals surface area contributed by atoms with Gasteiger partial charge in [-0.05, 0) is 12.5 Å². The monoisotopic (exact) mass is 279 g/mol. The smallest absolute Gasteiger partial charge is 0.124 e. The number of aromatic nitrogens is 3. The van der Waals surface area contributed by atoms with Crippen molar-refractivity contribution in [3.63, 3.8) is 0 Å². The molecule has 0 aliphatic carbocycles. The maximum Gasteiger partial charge on any atom is 0.124 e. The minimum absolute atomic E-state index is 0.463. The van der Waals surface area contributed by atoms with Gasteiger partial charge in [-0.3, -0.25) is 4.98 Å². The molecule has 0 N–H and O–H groups in total. The summed E-state index contributed by atoms with van der Waals surface area (Å²) in [4.78, 5) is 8.64. The third-order valence-electron chi connectivity index (χ3n) is 3.48. The van der Waals surface area contributed by atoms with Gasteiger partial charge in [0.05, 0.1) is 17.6 Å². The standard InChI is InChI=1S/C15H22ClN3/c1-2-3-4-5-6-7-10-19-14-8-9-17-12-13(14)18-15(19)11-16/h8-9,12H,2-7,10-11H2,1H3. The summed E-state index contributed by atoms with van der Waals surface area (Å²) in [6.07, 6.45) is 11.4. The van der Waals surface area contributed by atoms with Crippen molar-refractivity contribution in [1.29, 1.82) is 0 Å². The summed E-state index contributed by atoms with van der Waals surface area (Å²) in [6.45, 7) is 3.26. The summed E-state index contributed by atoms with van der Waals surface area (Å²) in [5.41, 5.74) is 2.10. The molecule has 0 atom stereocenters. The number of alkyl halides is 1. The van der Waals surface area contributed by atoms with Crippen molar-refractivity contribution >= 4 is 22.6 Å². The molecule has 19 heavy (non-hydrogen) atoms. The largest absolute Gasteiger partial charge is 0.327 e. The molecule has 0 radical (unpaired) electrons. The molecular weight excluding hydrogens is 258 g/mol. The Balaban J connectivity index is 1.95. The first kappa shape index (κ1) is 14.3. The van der Waals surface area contributed by atoms with E-state index >= 15 is 0 Å². The van der Waals surface area contributed by atoms with Gasteiger partial charge in [0.15, 0.2) is 0 Å². The molecule has 0 spiro atoms. The first-order valence-corrected chi connectivity index (χ1v) is 7.75. The number of halogens is 1. The zero-order valence-corrected chi connectivity index (χ0v) is 12.4. The molecule has 0 aliphatic heterocycles. The predicted molar refractivity (Wildman–Crippen MR) is 80.5 cm³/mol. The number of fused-ring (bicyclic) bond motifs is 1. The third kappa shape index (κ3) is 3.69. The number of pyridine rings is 1.